The molecule has 2 aliphatic rings. The quantitative estimate of drug-likeness (QED) is 0.863. The maximum atomic E-state index is 13.0. The lowest BCUT2D eigenvalue weighted by Crippen LogP contribution is -2.48. The third kappa shape index (κ3) is 2.44. The summed E-state index contributed by atoms with van der Waals surface area (Å²) < 4.78 is 1.84. The smallest absolute Gasteiger partial charge is 0.266 e. The highest BCUT2D eigenvalue weighted by Crippen LogP contribution is 2.34. The third-order valence-corrected chi connectivity index (χ3v) is 5.10. The van der Waals surface area contributed by atoms with E-state index < -0.39 is 0 Å². The number of aliphatic imine (C=N–C) groups is 1. The molecule has 1 aromatic heterocycles. The van der Waals surface area contributed by atoms with Crippen molar-refractivity contribution in [2.75, 3.05) is 18.5 Å². The molecule has 0 radical (unpaired) electrons. The van der Waals surface area contributed by atoms with Crippen molar-refractivity contribution >= 4 is 17.7 Å². The van der Waals surface area contributed by atoms with E-state index in [1.165, 1.54) is 5.56 Å². The van der Waals surface area contributed by atoms with Crippen LogP contribution in [0.5, 0.6) is 0 Å². The number of rotatable bonds is 3. The number of nitrogens with zero attached hydrogens (tertiary/aromatic N) is 5. The highest BCUT2D eigenvalue weighted by Gasteiger charge is 2.42. The zero-order valence-corrected chi connectivity index (χ0v) is 15.1. The molecule has 25 heavy (non-hydrogen) atoms. The Morgan fingerprint density at radius 3 is 2.60 bits per heavy atom. The molecule has 3 heterocycles. The average molecular weight is 337 g/mol. The van der Waals surface area contributed by atoms with Crippen LogP contribution in [0.4, 0.5) is 5.82 Å². The van der Waals surface area contributed by atoms with Gasteiger partial charge in [0.25, 0.3) is 5.91 Å². The fourth-order valence-corrected chi connectivity index (χ4v) is 3.54. The van der Waals surface area contributed by atoms with E-state index in [2.05, 4.69) is 36.0 Å². The number of carbonyl (C=O) groups is 1. The van der Waals surface area contributed by atoms with Gasteiger partial charge in [-0.15, -0.1) is 0 Å². The van der Waals surface area contributed by atoms with Gasteiger partial charge in [0.1, 0.15) is 5.56 Å². The molecule has 0 saturated heterocycles. The average Bonchev–Trinajstić information content (AvgIpc) is 3.17. The first kappa shape index (κ1) is 15.9. The van der Waals surface area contributed by atoms with E-state index in [0.717, 1.165) is 24.0 Å². The predicted molar refractivity (Wildman–Crippen MR) is 98.0 cm³/mol. The molecule has 0 N–H and O–H groups in total. The van der Waals surface area contributed by atoms with Crippen molar-refractivity contribution < 1.29 is 4.79 Å². The number of guanidine groups is 1. The fraction of sp³-hybridized carbons (Fsp3) is 0.421. The Morgan fingerprint density at radius 1 is 1.20 bits per heavy atom. The lowest BCUT2D eigenvalue weighted by Gasteiger charge is -2.30. The molecule has 130 valence electrons. The Hall–Kier alpha value is -2.63. The summed E-state index contributed by atoms with van der Waals surface area (Å²) in [6, 6.07) is 10.4. The zero-order valence-electron chi connectivity index (χ0n) is 15.1. The van der Waals surface area contributed by atoms with Crippen molar-refractivity contribution in [1.82, 2.24) is 14.7 Å². The lowest BCUT2D eigenvalue weighted by atomic mass is 10.0. The normalized spacial score (nSPS) is 19.3. The standard InChI is InChI=1S/C19H23N5O/c1-12(2)14-11-24-17-16(18(25)22(3)19(24)20-14)15(23(4)21-17)10-13-8-6-5-7-9-13/h5-9,12,14H,10-11H2,1-4H3/t14-/m0/s1. The van der Waals surface area contributed by atoms with Crippen molar-refractivity contribution in [3.63, 3.8) is 0 Å². The number of hydrogen-bond donors (Lipinski definition) is 0. The molecule has 0 bridgehead atoms. The molecule has 0 unspecified atom stereocenters. The molecular formula is C19H23N5O. The van der Waals surface area contributed by atoms with E-state index >= 15 is 0 Å². The summed E-state index contributed by atoms with van der Waals surface area (Å²) in [7, 11) is 3.72. The summed E-state index contributed by atoms with van der Waals surface area (Å²) in [5.74, 6) is 1.88. The van der Waals surface area contributed by atoms with Crippen LogP contribution in [0.15, 0.2) is 35.3 Å². The van der Waals surface area contributed by atoms with Crippen LogP contribution in [-0.4, -0.2) is 46.2 Å². The van der Waals surface area contributed by atoms with E-state index in [4.69, 9.17) is 4.99 Å². The minimum atomic E-state index is -0.0200. The first-order chi connectivity index (χ1) is 12.0. The Balaban J connectivity index is 1.78. The summed E-state index contributed by atoms with van der Waals surface area (Å²) in [4.78, 5) is 21.5. The second-order valence-corrected chi connectivity index (χ2v) is 7.15. The van der Waals surface area contributed by atoms with Gasteiger partial charge in [-0.2, -0.15) is 5.10 Å². The molecular weight excluding hydrogens is 314 g/mol. The minimum absolute atomic E-state index is 0.0200. The highest BCUT2D eigenvalue weighted by molar-refractivity contribution is 6.19. The monoisotopic (exact) mass is 337 g/mol. The number of anilines is 1. The fourth-order valence-electron chi connectivity index (χ4n) is 3.54. The Morgan fingerprint density at radius 2 is 1.92 bits per heavy atom. The second kappa shape index (κ2) is 5.72. The van der Waals surface area contributed by atoms with Crippen LogP contribution in [0.1, 0.15) is 35.5 Å². The molecule has 1 aromatic carbocycles. The first-order valence-corrected chi connectivity index (χ1v) is 8.70. The first-order valence-electron chi connectivity index (χ1n) is 8.70. The Labute approximate surface area is 147 Å². The summed E-state index contributed by atoms with van der Waals surface area (Å²) in [6.07, 6.45) is 0.688. The topological polar surface area (TPSA) is 53.7 Å². The SMILES string of the molecule is CC(C)[C@@H]1CN2C(=N1)N(C)C(=O)c1c2nn(C)c1Cc1ccccc1. The summed E-state index contributed by atoms with van der Waals surface area (Å²) >= 11 is 0. The third-order valence-electron chi connectivity index (χ3n) is 5.10. The number of benzene rings is 1. The van der Waals surface area contributed by atoms with E-state index in [0.29, 0.717) is 17.9 Å². The van der Waals surface area contributed by atoms with Crippen LogP contribution in [0.25, 0.3) is 0 Å². The molecule has 0 fully saturated rings. The van der Waals surface area contributed by atoms with E-state index in [-0.39, 0.29) is 11.9 Å². The van der Waals surface area contributed by atoms with Gasteiger partial charge in [-0.3, -0.25) is 19.3 Å². The largest absolute Gasteiger partial charge is 0.292 e. The molecule has 1 atom stereocenters. The van der Waals surface area contributed by atoms with Crippen molar-refractivity contribution in [2.45, 2.75) is 26.3 Å². The molecule has 0 spiro atoms. The van der Waals surface area contributed by atoms with Crippen LogP contribution in [0, 0.1) is 5.92 Å². The van der Waals surface area contributed by atoms with Crippen LogP contribution < -0.4 is 4.90 Å². The number of aromatic nitrogens is 2. The van der Waals surface area contributed by atoms with Crippen LogP contribution in [0.3, 0.4) is 0 Å². The molecule has 2 aliphatic heterocycles. The molecule has 2 aromatic rings. The summed E-state index contributed by atoms with van der Waals surface area (Å²) in [5.41, 5.74) is 2.83. The molecule has 6 nitrogen and oxygen atoms in total. The van der Waals surface area contributed by atoms with Gasteiger partial charge in [0, 0.05) is 20.5 Å². The highest BCUT2D eigenvalue weighted by atomic mass is 16.2. The molecule has 6 heteroatoms. The van der Waals surface area contributed by atoms with Gasteiger partial charge in [-0.05, 0) is 11.5 Å². The number of fused-ring (bicyclic) bond motifs is 3. The van der Waals surface area contributed by atoms with E-state index in [1.807, 2.05) is 29.9 Å². The van der Waals surface area contributed by atoms with Gasteiger partial charge in [0.15, 0.2) is 5.82 Å². The zero-order chi connectivity index (χ0) is 17.7. The summed E-state index contributed by atoms with van der Waals surface area (Å²) in [5, 5.41) is 4.68. The van der Waals surface area contributed by atoms with E-state index in [9.17, 15) is 4.79 Å². The second-order valence-electron chi connectivity index (χ2n) is 7.15. The van der Waals surface area contributed by atoms with Gasteiger partial charge in [-0.25, -0.2) is 4.99 Å². The van der Waals surface area contributed by atoms with Gasteiger partial charge in [-0.1, -0.05) is 44.2 Å². The maximum Gasteiger partial charge on any atom is 0.266 e. The van der Waals surface area contributed by atoms with Crippen molar-refractivity contribution in [2.24, 2.45) is 18.0 Å². The summed E-state index contributed by atoms with van der Waals surface area (Å²) in [6.45, 7) is 5.10. The van der Waals surface area contributed by atoms with Crippen LogP contribution in [0.2, 0.25) is 0 Å². The Bertz CT molecular complexity index is 852. The minimum Gasteiger partial charge on any atom is -0.292 e. The Kier molecular flexibility index (Phi) is 3.63. The number of aryl methyl sites for hydroxylation is 1. The van der Waals surface area contributed by atoms with Crippen molar-refractivity contribution in [3.05, 3.63) is 47.2 Å². The number of carbonyl (C=O) groups excluding carboxylic acids is 1. The molecule has 4 rings (SSSR count). The molecule has 0 saturated carbocycles. The maximum absolute atomic E-state index is 13.0. The number of amides is 1. The number of hydrogen-bond acceptors (Lipinski definition) is 4. The van der Waals surface area contributed by atoms with Crippen molar-refractivity contribution in [3.8, 4) is 0 Å². The van der Waals surface area contributed by atoms with Gasteiger partial charge >= 0.3 is 0 Å². The molecule has 1 amide bonds. The van der Waals surface area contributed by atoms with Crippen molar-refractivity contribution in [1.29, 1.82) is 0 Å². The van der Waals surface area contributed by atoms with Crippen LogP contribution in [-0.2, 0) is 13.5 Å². The molecule has 0 aliphatic carbocycles. The van der Waals surface area contributed by atoms with Gasteiger partial charge in [0.2, 0.25) is 5.96 Å². The predicted octanol–water partition coefficient (Wildman–Crippen LogP) is 2.30. The van der Waals surface area contributed by atoms with Crippen LogP contribution >= 0.6 is 0 Å². The van der Waals surface area contributed by atoms with Gasteiger partial charge < -0.3 is 0 Å². The van der Waals surface area contributed by atoms with E-state index in [1.54, 1.807) is 11.9 Å². The van der Waals surface area contributed by atoms with Gasteiger partial charge in [0.05, 0.1) is 18.3 Å². The lowest BCUT2D eigenvalue weighted by molar-refractivity contribution is 0.0864.